The molecule has 0 aliphatic carbocycles. The number of methoxy groups -OCH3 is 1. The summed E-state index contributed by atoms with van der Waals surface area (Å²) in [5.74, 6) is -1.08. The van der Waals surface area contributed by atoms with E-state index in [9.17, 15) is 4.79 Å². The van der Waals surface area contributed by atoms with Crippen LogP contribution in [0.3, 0.4) is 0 Å². The van der Waals surface area contributed by atoms with Crippen LogP contribution >= 0.6 is 15.9 Å². The van der Waals surface area contributed by atoms with Gasteiger partial charge in [-0.2, -0.15) is 0 Å². The van der Waals surface area contributed by atoms with E-state index in [0.717, 1.165) is 10.0 Å². The van der Waals surface area contributed by atoms with Crippen molar-refractivity contribution < 1.29 is 19.1 Å². The molecule has 0 atom stereocenters. The second kappa shape index (κ2) is 5.54. The Morgan fingerprint density at radius 2 is 2.26 bits per heavy atom. The van der Waals surface area contributed by atoms with Crippen molar-refractivity contribution >= 4 is 21.9 Å². The van der Waals surface area contributed by atoms with E-state index in [-0.39, 0.29) is 24.0 Å². The standard InChI is InChI=1S/C13H12BrNO4/c1-7-4-3-5-8(10(7)14)12-15-9(6-18-2)11(19-12)13(16)17/h3-5H,6H2,1-2H3,(H,16,17). The first kappa shape index (κ1) is 13.8. The van der Waals surface area contributed by atoms with Gasteiger partial charge in [-0.3, -0.25) is 0 Å². The molecule has 0 saturated heterocycles. The van der Waals surface area contributed by atoms with Crippen LogP contribution in [0.5, 0.6) is 0 Å². The Kier molecular flexibility index (Phi) is 4.01. The first-order valence-corrected chi connectivity index (χ1v) is 6.31. The zero-order chi connectivity index (χ0) is 14.0. The van der Waals surface area contributed by atoms with Crippen LogP contribution in [0.25, 0.3) is 11.5 Å². The lowest BCUT2D eigenvalue weighted by atomic mass is 10.1. The Hall–Kier alpha value is -1.66. The number of rotatable bonds is 4. The molecule has 0 radical (unpaired) electrons. The zero-order valence-corrected chi connectivity index (χ0v) is 12.0. The largest absolute Gasteiger partial charge is 0.475 e. The molecule has 0 aliphatic rings. The van der Waals surface area contributed by atoms with Gasteiger partial charge in [0.1, 0.15) is 5.69 Å². The number of aryl methyl sites for hydroxylation is 1. The van der Waals surface area contributed by atoms with Gasteiger partial charge in [-0.25, -0.2) is 9.78 Å². The van der Waals surface area contributed by atoms with E-state index in [2.05, 4.69) is 20.9 Å². The van der Waals surface area contributed by atoms with Crippen molar-refractivity contribution in [3.63, 3.8) is 0 Å². The predicted molar refractivity (Wildman–Crippen MR) is 72.0 cm³/mol. The van der Waals surface area contributed by atoms with Crippen LogP contribution < -0.4 is 0 Å². The summed E-state index contributed by atoms with van der Waals surface area (Å²) in [5, 5.41) is 9.08. The van der Waals surface area contributed by atoms with Gasteiger partial charge in [-0.15, -0.1) is 0 Å². The first-order valence-electron chi connectivity index (χ1n) is 5.52. The van der Waals surface area contributed by atoms with Crippen molar-refractivity contribution in [3.05, 3.63) is 39.7 Å². The van der Waals surface area contributed by atoms with Crippen molar-refractivity contribution in [2.75, 3.05) is 7.11 Å². The molecule has 2 rings (SSSR count). The maximum absolute atomic E-state index is 11.1. The summed E-state index contributed by atoms with van der Waals surface area (Å²) in [6.07, 6.45) is 0. The predicted octanol–water partition coefficient (Wildman–Crippen LogP) is 3.26. The average molecular weight is 326 g/mol. The number of carboxylic acid groups (broad SMARTS) is 1. The molecule has 5 nitrogen and oxygen atoms in total. The maximum atomic E-state index is 11.1. The number of aromatic nitrogens is 1. The number of carboxylic acids is 1. The number of carbonyl (C=O) groups is 1. The second-order valence-corrected chi connectivity index (χ2v) is 4.76. The van der Waals surface area contributed by atoms with Gasteiger partial charge >= 0.3 is 5.97 Å². The molecular formula is C13H12BrNO4. The number of aromatic carboxylic acids is 1. The van der Waals surface area contributed by atoms with Crippen LogP contribution in [0.1, 0.15) is 21.8 Å². The molecule has 0 amide bonds. The van der Waals surface area contributed by atoms with Crippen molar-refractivity contribution in [2.24, 2.45) is 0 Å². The minimum absolute atomic E-state index is 0.0918. The number of ether oxygens (including phenoxy) is 1. The third kappa shape index (κ3) is 2.69. The molecule has 0 saturated carbocycles. The van der Waals surface area contributed by atoms with Crippen LogP contribution in [0.4, 0.5) is 0 Å². The minimum Gasteiger partial charge on any atom is -0.475 e. The lowest BCUT2D eigenvalue weighted by molar-refractivity contribution is 0.0656. The summed E-state index contributed by atoms with van der Waals surface area (Å²) >= 11 is 3.45. The average Bonchev–Trinajstić information content (AvgIpc) is 2.77. The molecule has 2 aromatic rings. The van der Waals surface area contributed by atoms with Gasteiger partial charge in [0.05, 0.1) is 12.2 Å². The Morgan fingerprint density at radius 1 is 1.53 bits per heavy atom. The summed E-state index contributed by atoms with van der Waals surface area (Å²) in [5.41, 5.74) is 2.00. The number of hydrogen-bond donors (Lipinski definition) is 1. The van der Waals surface area contributed by atoms with Crippen LogP contribution in [-0.4, -0.2) is 23.2 Å². The molecule has 0 bridgehead atoms. The highest BCUT2D eigenvalue weighted by Crippen LogP contribution is 2.31. The quantitative estimate of drug-likeness (QED) is 0.934. The van der Waals surface area contributed by atoms with E-state index in [1.807, 2.05) is 25.1 Å². The SMILES string of the molecule is COCc1nc(-c2cccc(C)c2Br)oc1C(=O)O. The van der Waals surface area contributed by atoms with Gasteiger partial charge in [-0.05, 0) is 34.5 Å². The van der Waals surface area contributed by atoms with Crippen LogP contribution in [0, 0.1) is 6.92 Å². The third-order valence-electron chi connectivity index (χ3n) is 2.59. The number of benzene rings is 1. The second-order valence-electron chi connectivity index (χ2n) is 3.97. The van der Waals surface area contributed by atoms with Crippen LogP contribution in [0.15, 0.2) is 27.1 Å². The molecule has 100 valence electrons. The van der Waals surface area contributed by atoms with Crippen molar-refractivity contribution in [3.8, 4) is 11.5 Å². The normalized spacial score (nSPS) is 10.7. The van der Waals surface area contributed by atoms with E-state index >= 15 is 0 Å². The van der Waals surface area contributed by atoms with Gasteiger partial charge in [0.25, 0.3) is 0 Å². The summed E-state index contributed by atoms with van der Waals surface area (Å²) in [4.78, 5) is 15.3. The number of hydrogen-bond acceptors (Lipinski definition) is 4. The Bertz CT molecular complexity index is 621. The summed E-state index contributed by atoms with van der Waals surface area (Å²) in [7, 11) is 1.47. The molecule has 1 aromatic heterocycles. The maximum Gasteiger partial charge on any atom is 0.373 e. The van der Waals surface area contributed by atoms with Gasteiger partial charge in [0.15, 0.2) is 0 Å². The molecule has 0 spiro atoms. The summed E-state index contributed by atoms with van der Waals surface area (Å²) in [6, 6.07) is 5.60. The highest BCUT2D eigenvalue weighted by molar-refractivity contribution is 9.10. The molecule has 19 heavy (non-hydrogen) atoms. The van der Waals surface area contributed by atoms with E-state index < -0.39 is 5.97 Å². The molecule has 0 fully saturated rings. The highest BCUT2D eigenvalue weighted by atomic mass is 79.9. The fourth-order valence-corrected chi connectivity index (χ4v) is 2.12. The van der Waals surface area contributed by atoms with Crippen molar-refractivity contribution in [1.82, 2.24) is 4.98 Å². The number of nitrogens with zero attached hydrogens (tertiary/aromatic N) is 1. The number of halogens is 1. The zero-order valence-electron chi connectivity index (χ0n) is 10.4. The van der Waals surface area contributed by atoms with Crippen LogP contribution in [0.2, 0.25) is 0 Å². The summed E-state index contributed by atoms with van der Waals surface area (Å²) < 4.78 is 11.1. The number of oxazole rings is 1. The lowest BCUT2D eigenvalue weighted by Gasteiger charge is -2.02. The fourth-order valence-electron chi connectivity index (χ4n) is 1.68. The van der Waals surface area contributed by atoms with Crippen molar-refractivity contribution in [1.29, 1.82) is 0 Å². The van der Waals surface area contributed by atoms with E-state index in [1.54, 1.807) is 0 Å². The Labute approximate surface area is 118 Å². The molecule has 1 N–H and O–H groups in total. The van der Waals surface area contributed by atoms with Crippen molar-refractivity contribution in [2.45, 2.75) is 13.5 Å². The fraction of sp³-hybridized carbons (Fsp3) is 0.231. The smallest absolute Gasteiger partial charge is 0.373 e. The van der Waals surface area contributed by atoms with E-state index in [1.165, 1.54) is 7.11 Å². The molecule has 1 heterocycles. The first-order chi connectivity index (χ1) is 9.04. The van der Waals surface area contributed by atoms with Gasteiger partial charge in [0, 0.05) is 11.6 Å². The molecule has 0 aliphatic heterocycles. The minimum atomic E-state index is -1.16. The van der Waals surface area contributed by atoms with E-state index in [0.29, 0.717) is 5.56 Å². The molecule has 0 unspecified atom stereocenters. The molecule has 6 heteroatoms. The van der Waals surface area contributed by atoms with Gasteiger partial charge in [-0.1, -0.05) is 12.1 Å². The third-order valence-corrected chi connectivity index (χ3v) is 3.65. The molecule has 1 aromatic carbocycles. The lowest BCUT2D eigenvalue weighted by Crippen LogP contribution is -2.00. The summed E-state index contributed by atoms with van der Waals surface area (Å²) in [6.45, 7) is 2.03. The van der Waals surface area contributed by atoms with Gasteiger partial charge in [0.2, 0.25) is 11.7 Å². The topological polar surface area (TPSA) is 72.6 Å². The van der Waals surface area contributed by atoms with Crippen LogP contribution in [-0.2, 0) is 11.3 Å². The van der Waals surface area contributed by atoms with E-state index in [4.69, 9.17) is 14.3 Å². The monoisotopic (exact) mass is 325 g/mol. The molecular weight excluding hydrogens is 314 g/mol. The van der Waals surface area contributed by atoms with Gasteiger partial charge < -0.3 is 14.3 Å². The Morgan fingerprint density at radius 3 is 2.89 bits per heavy atom. The Balaban J connectivity index is 2.54. The highest BCUT2D eigenvalue weighted by Gasteiger charge is 2.21.